The fourth-order valence-electron chi connectivity index (χ4n) is 1.50. The molecule has 0 aliphatic rings. The molecule has 1 unspecified atom stereocenters. The van der Waals surface area contributed by atoms with Gasteiger partial charge in [-0.05, 0) is 30.0 Å². The van der Waals surface area contributed by atoms with Crippen LogP contribution >= 0.6 is 12.2 Å². The summed E-state index contributed by atoms with van der Waals surface area (Å²) in [5, 5.41) is 7.18. The summed E-state index contributed by atoms with van der Waals surface area (Å²) in [6, 6.07) is 0. The highest BCUT2D eigenvalue weighted by molar-refractivity contribution is 7.71. The molecule has 1 atom stereocenters. The van der Waals surface area contributed by atoms with Crippen molar-refractivity contribution < 1.29 is 0 Å². The van der Waals surface area contributed by atoms with Gasteiger partial charge in [-0.3, -0.25) is 5.10 Å². The standard InChI is InChI=1S/C12H23N3S/c1-6-7-10-13-14-11(16)15(10)8-9(2)12(3,4)5/h9H,6-8H2,1-5H3,(H,14,16). The molecule has 0 amide bonds. The summed E-state index contributed by atoms with van der Waals surface area (Å²) in [6.45, 7) is 12.2. The van der Waals surface area contributed by atoms with Crippen LogP contribution in [0.25, 0.3) is 0 Å². The Morgan fingerprint density at radius 2 is 2.06 bits per heavy atom. The van der Waals surface area contributed by atoms with Gasteiger partial charge in [0.25, 0.3) is 0 Å². The van der Waals surface area contributed by atoms with E-state index in [0.717, 1.165) is 30.0 Å². The van der Waals surface area contributed by atoms with Crippen molar-refractivity contribution in [1.29, 1.82) is 0 Å². The van der Waals surface area contributed by atoms with Crippen LogP contribution in [-0.2, 0) is 13.0 Å². The van der Waals surface area contributed by atoms with E-state index >= 15 is 0 Å². The normalized spacial score (nSPS) is 14.1. The van der Waals surface area contributed by atoms with E-state index in [1.807, 2.05) is 0 Å². The van der Waals surface area contributed by atoms with Gasteiger partial charge in [0.15, 0.2) is 4.77 Å². The minimum Gasteiger partial charge on any atom is -0.304 e. The van der Waals surface area contributed by atoms with E-state index in [2.05, 4.69) is 49.4 Å². The van der Waals surface area contributed by atoms with Crippen LogP contribution in [0.1, 0.15) is 46.9 Å². The quantitative estimate of drug-likeness (QED) is 0.818. The highest BCUT2D eigenvalue weighted by atomic mass is 32.1. The smallest absolute Gasteiger partial charge is 0.195 e. The molecule has 1 N–H and O–H groups in total. The molecule has 0 aliphatic heterocycles. The van der Waals surface area contributed by atoms with E-state index in [4.69, 9.17) is 12.2 Å². The van der Waals surface area contributed by atoms with Crippen molar-refractivity contribution in [3.63, 3.8) is 0 Å². The minimum atomic E-state index is 0.301. The molecule has 0 bridgehead atoms. The Balaban J connectivity index is 2.88. The van der Waals surface area contributed by atoms with Crippen molar-refractivity contribution in [3.8, 4) is 0 Å². The van der Waals surface area contributed by atoms with E-state index in [-0.39, 0.29) is 0 Å². The molecule has 1 aromatic rings. The summed E-state index contributed by atoms with van der Waals surface area (Å²) in [5.41, 5.74) is 0.301. The Kier molecular flexibility index (Phi) is 4.30. The molecule has 0 aliphatic carbocycles. The molecule has 16 heavy (non-hydrogen) atoms. The lowest BCUT2D eigenvalue weighted by atomic mass is 9.82. The van der Waals surface area contributed by atoms with Crippen molar-refractivity contribution in [3.05, 3.63) is 10.6 Å². The van der Waals surface area contributed by atoms with Crippen LogP contribution in [0.2, 0.25) is 0 Å². The van der Waals surface area contributed by atoms with Gasteiger partial charge in [0.2, 0.25) is 0 Å². The first-order chi connectivity index (χ1) is 7.36. The van der Waals surface area contributed by atoms with Crippen LogP contribution in [0, 0.1) is 16.1 Å². The maximum absolute atomic E-state index is 5.27. The van der Waals surface area contributed by atoms with Gasteiger partial charge in [-0.15, -0.1) is 0 Å². The first-order valence-corrected chi connectivity index (χ1v) is 6.41. The molecule has 92 valence electrons. The zero-order chi connectivity index (χ0) is 12.3. The average Bonchev–Trinajstić information content (AvgIpc) is 2.49. The highest BCUT2D eigenvalue weighted by Crippen LogP contribution is 2.27. The van der Waals surface area contributed by atoms with Crippen molar-refractivity contribution >= 4 is 12.2 Å². The monoisotopic (exact) mass is 241 g/mol. The largest absolute Gasteiger partial charge is 0.304 e. The minimum absolute atomic E-state index is 0.301. The van der Waals surface area contributed by atoms with Crippen molar-refractivity contribution in [2.75, 3.05) is 0 Å². The first-order valence-electron chi connectivity index (χ1n) is 6.00. The maximum atomic E-state index is 5.27. The summed E-state index contributed by atoms with van der Waals surface area (Å²) < 4.78 is 2.90. The van der Waals surface area contributed by atoms with Crippen LogP contribution in [-0.4, -0.2) is 14.8 Å². The van der Waals surface area contributed by atoms with Crippen LogP contribution < -0.4 is 0 Å². The Labute approximate surface area is 103 Å². The second-order valence-electron chi connectivity index (χ2n) is 5.57. The molecule has 1 heterocycles. The Morgan fingerprint density at radius 3 is 2.56 bits per heavy atom. The van der Waals surface area contributed by atoms with Crippen LogP contribution in [0.4, 0.5) is 0 Å². The molecule has 0 spiro atoms. The van der Waals surface area contributed by atoms with Gasteiger partial charge < -0.3 is 4.57 Å². The second kappa shape index (κ2) is 5.13. The van der Waals surface area contributed by atoms with Crippen molar-refractivity contribution in [1.82, 2.24) is 14.8 Å². The van der Waals surface area contributed by atoms with Gasteiger partial charge in [0, 0.05) is 13.0 Å². The van der Waals surface area contributed by atoms with Gasteiger partial charge in [0.1, 0.15) is 5.82 Å². The summed E-state index contributed by atoms with van der Waals surface area (Å²) in [4.78, 5) is 0. The molecule has 0 aromatic carbocycles. The fraction of sp³-hybridized carbons (Fsp3) is 0.833. The molecule has 0 saturated heterocycles. The molecule has 1 rings (SSSR count). The summed E-state index contributed by atoms with van der Waals surface area (Å²) >= 11 is 5.27. The summed E-state index contributed by atoms with van der Waals surface area (Å²) in [6.07, 6.45) is 2.09. The third-order valence-electron chi connectivity index (χ3n) is 3.25. The lowest BCUT2D eigenvalue weighted by molar-refractivity contribution is 0.230. The lowest BCUT2D eigenvalue weighted by Gasteiger charge is -2.27. The van der Waals surface area contributed by atoms with E-state index < -0.39 is 0 Å². The van der Waals surface area contributed by atoms with Gasteiger partial charge in [-0.2, -0.15) is 5.10 Å². The van der Waals surface area contributed by atoms with Gasteiger partial charge >= 0.3 is 0 Å². The Hall–Kier alpha value is -0.640. The molecular formula is C12H23N3S. The number of rotatable bonds is 4. The lowest BCUT2D eigenvalue weighted by Crippen LogP contribution is -2.23. The number of aromatic nitrogens is 3. The van der Waals surface area contributed by atoms with E-state index in [1.54, 1.807) is 0 Å². The molecule has 3 nitrogen and oxygen atoms in total. The SMILES string of the molecule is CCCc1n[nH]c(=S)n1CC(C)C(C)(C)C. The summed E-state index contributed by atoms with van der Waals surface area (Å²) in [5.74, 6) is 1.66. The first kappa shape index (κ1) is 13.4. The van der Waals surface area contributed by atoms with E-state index in [0.29, 0.717) is 11.3 Å². The number of H-pyrrole nitrogens is 1. The average molecular weight is 241 g/mol. The number of hydrogen-bond acceptors (Lipinski definition) is 2. The predicted molar refractivity (Wildman–Crippen MR) is 70.0 cm³/mol. The number of aryl methyl sites for hydroxylation is 1. The molecular weight excluding hydrogens is 218 g/mol. The topological polar surface area (TPSA) is 33.6 Å². The Bertz CT molecular complexity index is 384. The zero-order valence-corrected chi connectivity index (χ0v) is 11.8. The predicted octanol–water partition coefficient (Wildman–Crippen LogP) is 3.58. The Morgan fingerprint density at radius 1 is 1.44 bits per heavy atom. The van der Waals surface area contributed by atoms with Crippen LogP contribution in [0.15, 0.2) is 0 Å². The van der Waals surface area contributed by atoms with Crippen molar-refractivity contribution in [2.24, 2.45) is 11.3 Å². The maximum Gasteiger partial charge on any atom is 0.195 e. The fourth-order valence-corrected chi connectivity index (χ4v) is 1.73. The van der Waals surface area contributed by atoms with Gasteiger partial charge in [-0.1, -0.05) is 34.6 Å². The molecule has 0 radical (unpaired) electrons. The second-order valence-corrected chi connectivity index (χ2v) is 5.96. The summed E-state index contributed by atoms with van der Waals surface area (Å²) in [7, 11) is 0. The highest BCUT2D eigenvalue weighted by Gasteiger charge is 2.21. The van der Waals surface area contributed by atoms with Crippen LogP contribution in [0.5, 0.6) is 0 Å². The number of aromatic amines is 1. The zero-order valence-electron chi connectivity index (χ0n) is 11.0. The molecule has 0 saturated carbocycles. The number of nitrogens with zero attached hydrogens (tertiary/aromatic N) is 2. The van der Waals surface area contributed by atoms with Gasteiger partial charge in [0.05, 0.1) is 0 Å². The molecule has 1 aromatic heterocycles. The van der Waals surface area contributed by atoms with Crippen LogP contribution in [0.3, 0.4) is 0 Å². The van der Waals surface area contributed by atoms with Gasteiger partial charge in [-0.25, -0.2) is 0 Å². The number of nitrogens with one attached hydrogen (secondary N) is 1. The third kappa shape index (κ3) is 3.17. The molecule has 0 fully saturated rings. The van der Waals surface area contributed by atoms with E-state index in [9.17, 15) is 0 Å². The number of hydrogen-bond donors (Lipinski definition) is 1. The third-order valence-corrected chi connectivity index (χ3v) is 3.56. The van der Waals surface area contributed by atoms with E-state index in [1.165, 1.54) is 0 Å². The van der Waals surface area contributed by atoms with Crippen molar-refractivity contribution in [2.45, 2.75) is 54.0 Å². The molecule has 4 heteroatoms.